The second-order valence-electron chi connectivity index (χ2n) is 5.18. The molecule has 0 spiro atoms. The quantitative estimate of drug-likeness (QED) is 0.680. The minimum absolute atomic E-state index is 0.117. The first-order valence-electron chi connectivity index (χ1n) is 6.99. The van der Waals surface area contributed by atoms with E-state index in [0.29, 0.717) is 5.69 Å². The van der Waals surface area contributed by atoms with Crippen molar-refractivity contribution in [3.63, 3.8) is 0 Å². The van der Waals surface area contributed by atoms with Crippen LogP contribution in [0.1, 0.15) is 15.9 Å². The smallest absolute Gasteiger partial charge is 0.335 e. The monoisotopic (exact) mass is 328 g/mol. The largest absolute Gasteiger partial charge is 0.481 e. The van der Waals surface area contributed by atoms with Gasteiger partial charge in [-0.1, -0.05) is 12.1 Å². The molecule has 0 saturated heterocycles. The third kappa shape index (κ3) is 2.89. The number of nitro benzene ring substituents is 1. The van der Waals surface area contributed by atoms with Gasteiger partial charge in [0.1, 0.15) is 0 Å². The van der Waals surface area contributed by atoms with Crippen LogP contribution in [0.15, 0.2) is 42.5 Å². The number of benzene rings is 2. The number of carbonyl (C=O) groups excluding carboxylic acids is 1. The van der Waals surface area contributed by atoms with Crippen LogP contribution in [0.4, 0.5) is 11.4 Å². The zero-order valence-electron chi connectivity index (χ0n) is 12.3. The molecule has 0 aliphatic carbocycles. The molecule has 1 N–H and O–H groups in total. The second-order valence-corrected chi connectivity index (χ2v) is 5.18. The molecular weight excluding hydrogens is 316 g/mol. The number of ether oxygens (including phenoxy) is 1. The highest BCUT2D eigenvalue weighted by Gasteiger charge is 2.27. The van der Waals surface area contributed by atoms with E-state index in [1.807, 2.05) is 0 Å². The number of anilines is 1. The Labute approximate surface area is 136 Å². The van der Waals surface area contributed by atoms with Crippen molar-refractivity contribution in [3.05, 3.63) is 63.7 Å². The maximum Gasteiger partial charge on any atom is 0.335 e. The van der Waals surface area contributed by atoms with Gasteiger partial charge in [-0.05, 0) is 23.8 Å². The third-order valence-electron chi connectivity index (χ3n) is 3.64. The minimum Gasteiger partial charge on any atom is -0.481 e. The van der Waals surface area contributed by atoms with Gasteiger partial charge < -0.3 is 14.7 Å². The van der Waals surface area contributed by atoms with Gasteiger partial charge in [0.15, 0.2) is 12.4 Å². The summed E-state index contributed by atoms with van der Waals surface area (Å²) in [5.74, 6) is -1.04. The lowest BCUT2D eigenvalue weighted by atomic mass is 10.1. The Morgan fingerprint density at radius 3 is 2.58 bits per heavy atom. The van der Waals surface area contributed by atoms with Crippen LogP contribution in [0.25, 0.3) is 0 Å². The van der Waals surface area contributed by atoms with Gasteiger partial charge in [-0.2, -0.15) is 0 Å². The van der Waals surface area contributed by atoms with E-state index in [-0.39, 0.29) is 36.1 Å². The fourth-order valence-corrected chi connectivity index (χ4v) is 2.42. The fraction of sp³-hybridized carbons (Fsp3) is 0.125. The van der Waals surface area contributed by atoms with E-state index < -0.39 is 10.9 Å². The summed E-state index contributed by atoms with van der Waals surface area (Å²) in [6, 6.07) is 10.2. The number of hydrogen-bond acceptors (Lipinski definition) is 5. The Hall–Kier alpha value is -3.42. The second kappa shape index (κ2) is 5.99. The lowest BCUT2D eigenvalue weighted by Crippen LogP contribution is -2.38. The van der Waals surface area contributed by atoms with E-state index in [2.05, 4.69) is 0 Å². The van der Waals surface area contributed by atoms with Gasteiger partial charge in [0.25, 0.3) is 11.6 Å². The summed E-state index contributed by atoms with van der Waals surface area (Å²) in [6.07, 6.45) is 0. The molecule has 0 atom stereocenters. The Morgan fingerprint density at radius 2 is 1.96 bits per heavy atom. The number of fused-ring (bicyclic) bond motifs is 1. The number of aromatic carboxylic acids is 1. The topological polar surface area (TPSA) is 110 Å². The minimum atomic E-state index is -1.03. The van der Waals surface area contributed by atoms with Crippen molar-refractivity contribution in [2.45, 2.75) is 6.54 Å². The molecule has 0 aromatic heterocycles. The predicted molar refractivity (Wildman–Crippen MR) is 83.2 cm³/mol. The molecule has 1 heterocycles. The molecule has 2 aromatic carbocycles. The van der Waals surface area contributed by atoms with E-state index in [1.54, 1.807) is 12.1 Å². The number of hydrogen-bond donors (Lipinski definition) is 1. The number of amides is 1. The van der Waals surface area contributed by atoms with Crippen LogP contribution >= 0.6 is 0 Å². The Kier molecular flexibility index (Phi) is 3.87. The van der Waals surface area contributed by atoms with Crippen molar-refractivity contribution in [3.8, 4) is 5.75 Å². The van der Waals surface area contributed by atoms with Gasteiger partial charge in [0.2, 0.25) is 0 Å². The van der Waals surface area contributed by atoms with E-state index in [4.69, 9.17) is 9.84 Å². The molecule has 0 fully saturated rings. The van der Waals surface area contributed by atoms with Gasteiger partial charge in [-0.25, -0.2) is 4.79 Å². The van der Waals surface area contributed by atoms with Crippen molar-refractivity contribution in [1.82, 2.24) is 0 Å². The molecule has 24 heavy (non-hydrogen) atoms. The lowest BCUT2D eigenvalue weighted by Gasteiger charge is -2.29. The van der Waals surface area contributed by atoms with E-state index in [0.717, 1.165) is 5.56 Å². The molecule has 1 aliphatic heterocycles. The summed E-state index contributed by atoms with van der Waals surface area (Å²) >= 11 is 0. The lowest BCUT2D eigenvalue weighted by molar-refractivity contribution is -0.384. The molecule has 2 aromatic rings. The van der Waals surface area contributed by atoms with Crippen LogP contribution < -0.4 is 9.64 Å². The Morgan fingerprint density at radius 1 is 1.25 bits per heavy atom. The van der Waals surface area contributed by atoms with Crippen LogP contribution in [0.2, 0.25) is 0 Å². The highest BCUT2D eigenvalue weighted by atomic mass is 16.6. The van der Waals surface area contributed by atoms with Gasteiger partial charge in [0, 0.05) is 6.07 Å². The first kappa shape index (κ1) is 15.5. The van der Waals surface area contributed by atoms with E-state index >= 15 is 0 Å². The number of carboxylic acid groups (broad SMARTS) is 1. The Balaban J connectivity index is 1.89. The van der Waals surface area contributed by atoms with E-state index in [9.17, 15) is 19.7 Å². The van der Waals surface area contributed by atoms with Crippen LogP contribution in [0, 0.1) is 10.1 Å². The molecule has 8 heteroatoms. The molecule has 122 valence electrons. The van der Waals surface area contributed by atoms with Crippen LogP contribution in [0.5, 0.6) is 5.75 Å². The molecule has 0 unspecified atom stereocenters. The average Bonchev–Trinajstić information content (AvgIpc) is 2.57. The molecule has 1 amide bonds. The number of non-ortho nitro benzene ring substituents is 1. The van der Waals surface area contributed by atoms with Crippen molar-refractivity contribution in [2.75, 3.05) is 11.5 Å². The van der Waals surface area contributed by atoms with Crippen molar-refractivity contribution in [2.24, 2.45) is 0 Å². The van der Waals surface area contributed by atoms with Gasteiger partial charge in [0.05, 0.1) is 28.8 Å². The van der Waals surface area contributed by atoms with Crippen molar-refractivity contribution < 1.29 is 24.4 Å². The zero-order valence-corrected chi connectivity index (χ0v) is 12.3. The molecule has 3 rings (SSSR count). The normalized spacial score (nSPS) is 13.2. The summed E-state index contributed by atoms with van der Waals surface area (Å²) in [5, 5.41) is 19.7. The van der Waals surface area contributed by atoms with Crippen LogP contribution in [0.3, 0.4) is 0 Å². The molecule has 0 bridgehead atoms. The van der Waals surface area contributed by atoms with Gasteiger partial charge in [-0.3, -0.25) is 14.9 Å². The number of carbonyl (C=O) groups is 2. The highest BCUT2D eigenvalue weighted by molar-refractivity contribution is 5.98. The van der Waals surface area contributed by atoms with Crippen LogP contribution in [-0.2, 0) is 11.3 Å². The zero-order chi connectivity index (χ0) is 17.3. The van der Waals surface area contributed by atoms with Crippen LogP contribution in [-0.4, -0.2) is 28.5 Å². The molecule has 0 saturated carbocycles. The van der Waals surface area contributed by atoms with E-state index in [1.165, 1.54) is 35.2 Å². The molecule has 1 aliphatic rings. The number of carboxylic acids is 1. The van der Waals surface area contributed by atoms with Gasteiger partial charge in [-0.15, -0.1) is 0 Å². The predicted octanol–water partition coefficient (Wildman–Crippen LogP) is 2.22. The van der Waals surface area contributed by atoms with Crippen molar-refractivity contribution >= 4 is 23.3 Å². The standard InChI is InChI=1S/C16H12N2O6/c19-15-9-24-14-7-12(18(22)23)5-6-13(14)17(15)8-10-1-3-11(4-2-10)16(20)21/h1-7H,8-9H2,(H,20,21). The highest BCUT2D eigenvalue weighted by Crippen LogP contribution is 2.36. The SMILES string of the molecule is O=C(O)c1ccc(CN2C(=O)COc3cc([N+](=O)[O-])ccc32)cc1. The number of nitrogens with zero attached hydrogens (tertiary/aromatic N) is 2. The maximum atomic E-state index is 12.1. The van der Waals surface area contributed by atoms with Gasteiger partial charge >= 0.3 is 5.97 Å². The maximum absolute atomic E-state index is 12.1. The first-order chi connectivity index (χ1) is 11.5. The summed E-state index contributed by atoms with van der Waals surface area (Å²) < 4.78 is 5.27. The third-order valence-corrected chi connectivity index (χ3v) is 3.64. The average molecular weight is 328 g/mol. The molecule has 0 radical (unpaired) electrons. The first-order valence-corrected chi connectivity index (χ1v) is 6.99. The molecule has 8 nitrogen and oxygen atoms in total. The number of rotatable bonds is 4. The summed E-state index contributed by atoms with van der Waals surface area (Å²) in [7, 11) is 0. The summed E-state index contributed by atoms with van der Waals surface area (Å²) in [6.45, 7) is 0.00821. The molecular formula is C16H12N2O6. The number of nitro groups is 1. The summed E-state index contributed by atoms with van der Waals surface area (Å²) in [4.78, 5) is 34.8. The summed E-state index contributed by atoms with van der Waals surface area (Å²) in [5.41, 5.74) is 1.22. The van der Waals surface area contributed by atoms with Crippen molar-refractivity contribution in [1.29, 1.82) is 0 Å². The fourth-order valence-electron chi connectivity index (χ4n) is 2.42. The Bertz CT molecular complexity index is 831.